The molecule has 0 saturated heterocycles. The molecule has 1 fully saturated rings. The minimum absolute atomic E-state index is 0.0557. The SMILES string of the molecule is COc1cc(C#N)ccc1OCC(=O)N[C@@H]1CCC[C@H](C)[C@H]1C. The van der Waals surface area contributed by atoms with E-state index in [1.54, 1.807) is 18.2 Å². The lowest BCUT2D eigenvalue weighted by Crippen LogP contribution is -2.45. The van der Waals surface area contributed by atoms with Crippen LogP contribution in [0, 0.1) is 23.2 Å². The molecule has 0 aromatic heterocycles. The molecule has 1 aliphatic carbocycles. The Hall–Kier alpha value is -2.22. The molecule has 1 aromatic rings. The summed E-state index contributed by atoms with van der Waals surface area (Å²) in [6, 6.07) is 7.15. The fraction of sp³-hybridized carbons (Fsp3) is 0.556. The second kappa shape index (κ2) is 7.87. The molecule has 3 atom stereocenters. The van der Waals surface area contributed by atoms with Crippen molar-refractivity contribution >= 4 is 5.91 Å². The van der Waals surface area contributed by atoms with Crippen molar-refractivity contribution in [1.29, 1.82) is 5.26 Å². The van der Waals surface area contributed by atoms with Crippen LogP contribution in [0.25, 0.3) is 0 Å². The fourth-order valence-corrected chi connectivity index (χ4v) is 3.03. The number of benzene rings is 1. The Balaban J connectivity index is 1.90. The predicted molar refractivity (Wildman–Crippen MR) is 87.3 cm³/mol. The Kier molecular flexibility index (Phi) is 5.86. The van der Waals surface area contributed by atoms with E-state index in [-0.39, 0.29) is 18.6 Å². The highest BCUT2D eigenvalue weighted by Gasteiger charge is 2.28. The molecule has 23 heavy (non-hydrogen) atoms. The molecule has 5 heteroatoms. The summed E-state index contributed by atoms with van der Waals surface area (Å²) in [7, 11) is 1.51. The number of amides is 1. The lowest BCUT2D eigenvalue weighted by atomic mass is 9.78. The third kappa shape index (κ3) is 4.38. The van der Waals surface area contributed by atoms with E-state index >= 15 is 0 Å². The van der Waals surface area contributed by atoms with Crippen LogP contribution in [0.1, 0.15) is 38.7 Å². The molecule has 2 rings (SSSR count). The van der Waals surface area contributed by atoms with Crippen LogP contribution in [0.15, 0.2) is 18.2 Å². The first-order valence-corrected chi connectivity index (χ1v) is 8.05. The van der Waals surface area contributed by atoms with E-state index in [0.717, 1.165) is 12.8 Å². The summed E-state index contributed by atoms with van der Waals surface area (Å²) < 4.78 is 10.7. The average molecular weight is 316 g/mol. The lowest BCUT2D eigenvalue weighted by Gasteiger charge is -2.34. The van der Waals surface area contributed by atoms with Crippen molar-refractivity contribution in [3.05, 3.63) is 23.8 Å². The Morgan fingerprint density at radius 3 is 2.83 bits per heavy atom. The van der Waals surface area contributed by atoms with Gasteiger partial charge in [0.25, 0.3) is 5.91 Å². The highest BCUT2D eigenvalue weighted by Crippen LogP contribution is 2.30. The molecule has 5 nitrogen and oxygen atoms in total. The third-order valence-corrected chi connectivity index (χ3v) is 4.70. The van der Waals surface area contributed by atoms with Gasteiger partial charge in [0.1, 0.15) is 0 Å². The van der Waals surface area contributed by atoms with Gasteiger partial charge < -0.3 is 14.8 Å². The van der Waals surface area contributed by atoms with E-state index in [2.05, 4.69) is 19.2 Å². The van der Waals surface area contributed by atoms with Crippen LogP contribution < -0.4 is 14.8 Å². The van der Waals surface area contributed by atoms with Gasteiger partial charge in [0.05, 0.1) is 18.7 Å². The number of rotatable bonds is 5. The number of methoxy groups -OCH3 is 1. The second-order valence-corrected chi connectivity index (χ2v) is 6.21. The highest BCUT2D eigenvalue weighted by atomic mass is 16.5. The quantitative estimate of drug-likeness (QED) is 0.906. The number of carbonyl (C=O) groups excluding carboxylic acids is 1. The normalized spacial score (nSPS) is 23.7. The molecule has 0 radical (unpaired) electrons. The van der Waals surface area contributed by atoms with Gasteiger partial charge in [-0.2, -0.15) is 5.26 Å². The van der Waals surface area contributed by atoms with E-state index in [9.17, 15) is 4.79 Å². The van der Waals surface area contributed by atoms with Crippen molar-refractivity contribution in [3.8, 4) is 17.6 Å². The van der Waals surface area contributed by atoms with E-state index in [0.29, 0.717) is 28.9 Å². The number of hydrogen-bond donors (Lipinski definition) is 1. The molecule has 0 unspecified atom stereocenters. The summed E-state index contributed by atoms with van der Waals surface area (Å²) >= 11 is 0. The van der Waals surface area contributed by atoms with Crippen LogP contribution in [-0.4, -0.2) is 25.7 Å². The summed E-state index contributed by atoms with van der Waals surface area (Å²) in [5.41, 5.74) is 0.490. The number of nitrogens with one attached hydrogen (secondary N) is 1. The standard InChI is InChI=1S/C18H24N2O3/c1-12-5-4-6-15(13(12)2)20-18(21)11-23-16-8-7-14(10-19)9-17(16)22-3/h7-9,12-13,15H,4-6,11H2,1-3H3,(H,20,21)/t12-,13+,15+/m0/s1. The smallest absolute Gasteiger partial charge is 0.258 e. The van der Waals surface area contributed by atoms with Gasteiger partial charge in [-0.3, -0.25) is 4.79 Å². The molecule has 124 valence electrons. The van der Waals surface area contributed by atoms with Crippen molar-refractivity contribution < 1.29 is 14.3 Å². The van der Waals surface area contributed by atoms with Crippen molar-refractivity contribution in [2.75, 3.05) is 13.7 Å². The number of hydrogen-bond acceptors (Lipinski definition) is 4. The largest absolute Gasteiger partial charge is 0.493 e. The lowest BCUT2D eigenvalue weighted by molar-refractivity contribution is -0.124. The highest BCUT2D eigenvalue weighted by molar-refractivity contribution is 5.78. The van der Waals surface area contributed by atoms with Crippen LogP contribution in [0.4, 0.5) is 0 Å². The van der Waals surface area contributed by atoms with Gasteiger partial charge in [-0.25, -0.2) is 0 Å². The summed E-state index contributed by atoms with van der Waals surface area (Å²) in [4.78, 5) is 12.1. The van der Waals surface area contributed by atoms with E-state index in [1.165, 1.54) is 13.5 Å². The zero-order chi connectivity index (χ0) is 16.8. The topological polar surface area (TPSA) is 71.3 Å². The van der Waals surface area contributed by atoms with Gasteiger partial charge in [0, 0.05) is 12.1 Å². The summed E-state index contributed by atoms with van der Waals surface area (Å²) in [6.45, 7) is 4.38. The van der Waals surface area contributed by atoms with E-state index in [4.69, 9.17) is 14.7 Å². The molecule has 1 amide bonds. The number of ether oxygens (including phenoxy) is 2. The Morgan fingerprint density at radius 1 is 1.35 bits per heavy atom. The number of carbonyl (C=O) groups is 1. The predicted octanol–water partition coefficient (Wildman–Crippen LogP) is 2.89. The average Bonchev–Trinajstić information content (AvgIpc) is 2.57. The molecule has 0 bridgehead atoms. The van der Waals surface area contributed by atoms with Crippen molar-refractivity contribution in [2.45, 2.75) is 39.2 Å². The molecule has 1 aromatic carbocycles. The number of nitrogens with zero attached hydrogens (tertiary/aromatic N) is 1. The molecule has 1 aliphatic rings. The zero-order valence-electron chi connectivity index (χ0n) is 14.0. The molecule has 0 spiro atoms. The summed E-state index contributed by atoms with van der Waals surface area (Å²) in [5, 5.41) is 12.0. The first kappa shape index (κ1) is 17.1. The maximum Gasteiger partial charge on any atom is 0.258 e. The maximum atomic E-state index is 12.1. The van der Waals surface area contributed by atoms with Crippen molar-refractivity contribution in [2.24, 2.45) is 11.8 Å². The van der Waals surface area contributed by atoms with Gasteiger partial charge in [-0.1, -0.05) is 26.7 Å². The maximum absolute atomic E-state index is 12.1. The molecular weight excluding hydrogens is 292 g/mol. The first-order valence-electron chi connectivity index (χ1n) is 8.05. The minimum Gasteiger partial charge on any atom is -0.493 e. The Labute approximate surface area is 137 Å². The van der Waals surface area contributed by atoms with Gasteiger partial charge in [0.2, 0.25) is 0 Å². The monoisotopic (exact) mass is 316 g/mol. The van der Waals surface area contributed by atoms with E-state index in [1.807, 2.05) is 6.07 Å². The van der Waals surface area contributed by atoms with Crippen molar-refractivity contribution in [1.82, 2.24) is 5.32 Å². The zero-order valence-corrected chi connectivity index (χ0v) is 14.0. The Bertz CT molecular complexity index is 594. The van der Waals surface area contributed by atoms with Crippen molar-refractivity contribution in [3.63, 3.8) is 0 Å². The minimum atomic E-state index is -0.123. The molecule has 0 aliphatic heterocycles. The summed E-state index contributed by atoms with van der Waals surface area (Å²) in [5.74, 6) is 1.91. The Morgan fingerprint density at radius 2 is 2.13 bits per heavy atom. The van der Waals surface area contributed by atoms with Gasteiger partial charge in [0.15, 0.2) is 18.1 Å². The second-order valence-electron chi connectivity index (χ2n) is 6.21. The van der Waals surface area contributed by atoms with Crippen LogP contribution in [0.2, 0.25) is 0 Å². The van der Waals surface area contributed by atoms with Crippen LogP contribution in [0.5, 0.6) is 11.5 Å². The molecule has 1 saturated carbocycles. The third-order valence-electron chi connectivity index (χ3n) is 4.70. The number of nitriles is 1. The van der Waals surface area contributed by atoms with Crippen LogP contribution in [0.3, 0.4) is 0 Å². The fourth-order valence-electron chi connectivity index (χ4n) is 3.03. The van der Waals surface area contributed by atoms with Crippen LogP contribution >= 0.6 is 0 Å². The van der Waals surface area contributed by atoms with Gasteiger partial charge in [-0.05, 0) is 30.4 Å². The molecular formula is C18H24N2O3. The molecule has 0 heterocycles. The first-order chi connectivity index (χ1) is 11.0. The van der Waals surface area contributed by atoms with Crippen LogP contribution in [-0.2, 0) is 4.79 Å². The van der Waals surface area contributed by atoms with Gasteiger partial charge >= 0.3 is 0 Å². The van der Waals surface area contributed by atoms with Gasteiger partial charge in [-0.15, -0.1) is 0 Å². The molecule has 1 N–H and O–H groups in total. The summed E-state index contributed by atoms with van der Waals surface area (Å²) in [6.07, 6.45) is 3.41. The van der Waals surface area contributed by atoms with E-state index < -0.39 is 0 Å².